The Bertz CT molecular complexity index is 1340. The molecule has 3 N–H and O–H groups in total. The average Bonchev–Trinajstić information content (AvgIpc) is 3.08. The van der Waals surface area contributed by atoms with E-state index in [1.165, 1.54) is 12.1 Å². The number of benzene rings is 3. The summed E-state index contributed by atoms with van der Waals surface area (Å²) in [6, 6.07) is 16.0. The molecule has 0 saturated carbocycles. The molecule has 0 saturated heterocycles. The quantitative estimate of drug-likeness (QED) is 0.432. The van der Waals surface area contributed by atoms with Crippen LogP contribution in [0.2, 0.25) is 0 Å². The van der Waals surface area contributed by atoms with Gasteiger partial charge in [-0.25, -0.2) is 4.79 Å². The number of aromatic nitrogens is 2. The van der Waals surface area contributed by atoms with Crippen LogP contribution in [-0.4, -0.2) is 26.2 Å². The Morgan fingerprint density at radius 2 is 1.90 bits per heavy atom. The van der Waals surface area contributed by atoms with Crippen molar-refractivity contribution in [1.82, 2.24) is 9.97 Å². The summed E-state index contributed by atoms with van der Waals surface area (Å²) in [6.07, 6.45) is 0. The average molecular weight is 398 g/mol. The van der Waals surface area contributed by atoms with Crippen molar-refractivity contribution >= 4 is 17.0 Å². The maximum atomic E-state index is 11.3. The van der Waals surface area contributed by atoms with Crippen molar-refractivity contribution in [3.05, 3.63) is 82.4 Å². The van der Waals surface area contributed by atoms with Crippen molar-refractivity contribution in [1.29, 1.82) is 0 Å². The minimum atomic E-state index is -1.02. The maximum absolute atomic E-state index is 11.3. The molecule has 0 aliphatic heterocycles. The lowest BCUT2D eigenvalue weighted by Gasteiger charge is -2.05. The summed E-state index contributed by atoms with van der Waals surface area (Å²) in [5, 5.41) is 19.6. The Hall–Kier alpha value is -4.24. The number of nitrogens with zero attached hydrogens (tertiary/aromatic N) is 1. The number of aryl methyl sites for hydroxylation is 2. The van der Waals surface area contributed by atoms with Gasteiger partial charge in [0.15, 0.2) is 0 Å². The number of ether oxygens (including phenoxy) is 1. The Kier molecular flexibility index (Phi) is 4.87. The van der Waals surface area contributed by atoms with Gasteiger partial charge in [-0.05, 0) is 55.3 Å². The summed E-state index contributed by atoms with van der Waals surface area (Å²) < 4.78 is 5.68. The molecule has 4 rings (SSSR count). The number of hydrogen-bond acceptors (Lipinski definition) is 4. The van der Waals surface area contributed by atoms with E-state index in [1.54, 1.807) is 25.1 Å². The molecular formula is C24H18N2O4. The van der Waals surface area contributed by atoms with E-state index in [2.05, 4.69) is 21.8 Å². The number of H-pyrrole nitrogens is 1. The van der Waals surface area contributed by atoms with Gasteiger partial charge in [0, 0.05) is 11.6 Å². The second-order valence-electron chi connectivity index (χ2n) is 6.93. The van der Waals surface area contributed by atoms with Crippen LogP contribution in [0, 0.1) is 25.7 Å². The van der Waals surface area contributed by atoms with Crippen LogP contribution in [0.5, 0.6) is 17.5 Å². The fourth-order valence-electron chi connectivity index (χ4n) is 3.04. The van der Waals surface area contributed by atoms with Crippen LogP contribution in [-0.2, 0) is 0 Å². The minimum Gasteiger partial charge on any atom is -0.507 e. The largest absolute Gasteiger partial charge is 0.507 e. The molecule has 0 radical (unpaired) electrons. The summed E-state index contributed by atoms with van der Waals surface area (Å²) in [5.74, 6) is 5.37. The SMILES string of the molecule is Cc1cccc(C#Cc2cc3[nH]c(Oc4ccc(C)c(C(=O)O)c4)nc3cc2O)c1. The first-order valence-corrected chi connectivity index (χ1v) is 9.22. The Labute approximate surface area is 172 Å². The molecule has 0 spiro atoms. The highest BCUT2D eigenvalue weighted by Crippen LogP contribution is 2.28. The fourth-order valence-corrected chi connectivity index (χ4v) is 3.04. The number of carbonyl (C=O) groups is 1. The lowest BCUT2D eigenvalue weighted by Crippen LogP contribution is -2.00. The number of rotatable bonds is 3. The number of hydrogen-bond donors (Lipinski definition) is 3. The number of phenols is 1. The Morgan fingerprint density at radius 3 is 2.67 bits per heavy atom. The van der Waals surface area contributed by atoms with Crippen molar-refractivity contribution in [2.75, 3.05) is 0 Å². The summed E-state index contributed by atoms with van der Waals surface area (Å²) in [5.41, 5.74) is 4.38. The molecule has 1 aromatic heterocycles. The predicted molar refractivity (Wildman–Crippen MR) is 113 cm³/mol. The molecule has 0 fully saturated rings. The van der Waals surface area contributed by atoms with Gasteiger partial charge in [0.05, 0.1) is 22.2 Å². The summed E-state index contributed by atoms with van der Waals surface area (Å²) in [7, 11) is 0. The third-order valence-corrected chi connectivity index (χ3v) is 4.59. The van der Waals surface area contributed by atoms with Crippen LogP contribution in [0.1, 0.15) is 32.6 Å². The number of nitrogens with one attached hydrogen (secondary N) is 1. The van der Waals surface area contributed by atoms with Gasteiger partial charge >= 0.3 is 5.97 Å². The molecule has 0 bridgehead atoms. The zero-order chi connectivity index (χ0) is 21.3. The van der Waals surface area contributed by atoms with E-state index in [0.717, 1.165) is 11.1 Å². The van der Waals surface area contributed by atoms with E-state index < -0.39 is 5.97 Å². The number of aromatic amines is 1. The van der Waals surface area contributed by atoms with Gasteiger partial charge in [-0.15, -0.1) is 0 Å². The molecular weight excluding hydrogens is 380 g/mol. The highest BCUT2D eigenvalue weighted by molar-refractivity contribution is 5.89. The van der Waals surface area contributed by atoms with E-state index >= 15 is 0 Å². The molecule has 0 unspecified atom stereocenters. The first-order chi connectivity index (χ1) is 14.4. The molecule has 0 amide bonds. The third kappa shape index (κ3) is 3.96. The highest BCUT2D eigenvalue weighted by atomic mass is 16.5. The number of aromatic hydroxyl groups is 1. The lowest BCUT2D eigenvalue weighted by molar-refractivity contribution is 0.0695. The second-order valence-corrected chi connectivity index (χ2v) is 6.93. The van der Waals surface area contributed by atoms with Crippen molar-refractivity contribution in [2.24, 2.45) is 0 Å². The Balaban J connectivity index is 1.64. The number of phenolic OH excluding ortho intramolecular Hbond substituents is 1. The van der Waals surface area contributed by atoms with Crippen LogP contribution >= 0.6 is 0 Å². The molecule has 6 heteroatoms. The van der Waals surface area contributed by atoms with Gasteiger partial charge in [0.2, 0.25) is 0 Å². The van der Waals surface area contributed by atoms with Gasteiger partial charge in [-0.2, -0.15) is 4.98 Å². The van der Waals surface area contributed by atoms with Crippen molar-refractivity contribution < 1.29 is 19.7 Å². The molecule has 0 atom stereocenters. The lowest BCUT2D eigenvalue weighted by atomic mass is 10.1. The van der Waals surface area contributed by atoms with Crippen molar-refractivity contribution in [3.63, 3.8) is 0 Å². The summed E-state index contributed by atoms with van der Waals surface area (Å²) >= 11 is 0. The van der Waals surface area contributed by atoms with Gasteiger partial charge in [0.1, 0.15) is 11.5 Å². The molecule has 6 nitrogen and oxygen atoms in total. The third-order valence-electron chi connectivity index (χ3n) is 4.59. The zero-order valence-corrected chi connectivity index (χ0v) is 16.4. The molecule has 148 valence electrons. The molecule has 0 aliphatic rings. The van der Waals surface area contributed by atoms with Crippen molar-refractivity contribution in [3.8, 4) is 29.4 Å². The van der Waals surface area contributed by atoms with E-state index in [9.17, 15) is 15.0 Å². The van der Waals surface area contributed by atoms with Gasteiger partial charge in [-0.1, -0.05) is 30.0 Å². The minimum absolute atomic E-state index is 0.0178. The van der Waals surface area contributed by atoms with Crippen molar-refractivity contribution in [2.45, 2.75) is 13.8 Å². The zero-order valence-electron chi connectivity index (χ0n) is 16.4. The number of carboxylic acids is 1. The molecule has 30 heavy (non-hydrogen) atoms. The smallest absolute Gasteiger partial charge is 0.336 e. The van der Waals surface area contributed by atoms with E-state index in [-0.39, 0.29) is 17.3 Å². The van der Waals surface area contributed by atoms with E-state index in [0.29, 0.717) is 27.9 Å². The van der Waals surface area contributed by atoms with Crippen LogP contribution in [0.25, 0.3) is 11.0 Å². The van der Waals surface area contributed by atoms with Crippen LogP contribution in [0.15, 0.2) is 54.6 Å². The number of aromatic carboxylic acids is 1. The topological polar surface area (TPSA) is 95.4 Å². The maximum Gasteiger partial charge on any atom is 0.336 e. The molecule has 1 heterocycles. The van der Waals surface area contributed by atoms with Gasteiger partial charge in [-0.3, -0.25) is 0 Å². The summed E-state index contributed by atoms with van der Waals surface area (Å²) in [4.78, 5) is 18.6. The van der Waals surface area contributed by atoms with Crippen LogP contribution < -0.4 is 4.74 Å². The first kappa shape index (κ1) is 19.1. The molecule has 0 aliphatic carbocycles. The Morgan fingerprint density at radius 1 is 1.07 bits per heavy atom. The van der Waals surface area contributed by atoms with Crippen LogP contribution in [0.3, 0.4) is 0 Å². The number of carboxylic acid groups (broad SMARTS) is 1. The normalized spacial score (nSPS) is 10.5. The molecule has 4 aromatic rings. The van der Waals surface area contributed by atoms with E-state index in [1.807, 2.05) is 31.2 Å². The predicted octanol–water partition coefficient (Wildman–Crippen LogP) is 4.78. The fraction of sp³-hybridized carbons (Fsp3) is 0.0833. The van der Waals surface area contributed by atoms with Gasteiger partial charge < -0.3 is 19.9 Å². The highest BCUT2D eigenvalue weighted by Gasteiger charge is 2.12. The monoisotopic (exact) mass is 398 g/mol. The first-order valence-electron chi connectivity index (χ1n) is 9.22. The number of imidazole rings is 1. The molecule has 3 aromatic carbocycles. The standard InChI is InChI=1S/C24H18N2O4/c1-14-4-3-5-16(10-14)7-8-17-11-20-21(13-22(17)27)26-24(25-20)30-18-9-6-15(2)19(12-18)23(28)29/h3-6,9-13,27H,1-2H3,(H,25,26)(H,28,29). The van der Waals surface area contributed by atoms with Crippen LogP contribution in [0.4, 0.5) is 0 Å². The van der Waals surface area contributed by atoms with E-state index in [4.69, 9.17) is 4.74 Å². The number of fused-ring (bicyclic) bond motifs is 1. The summed E-state index contributed by atoms with van der Waals surface area (Å²) in [6.45, 7) is 3.71. The second kappa shape index (κ2) is 7.64. The van der Waals surface area contributed by atoms with Gasteiger partial charge in [0.25, 0.3) is 6.01 Å².